The lowest BCUT2D eigenvalue weighted by molar-refractivity contribution is -0.0124. The molecule has 0 radical (unpaired) electrons. The fourth-order valence-corrected chi connectivity index (χ4v) is 10.3. The Labute approximate surface area is 410 Å². The van der Waals surface area contributed by atoms with Crippen molar-refractivity contribution in [2.24, 2.45) is 0 Å². The molecule has 0 spiro atoms. The van der Waals surface area contributed by atoms with Gasteiger partial charge in [0, 0.05) is 52.0 Å². The molecule has 5 nitrogen and oxygen atoms in total. The number of aliphatic hydroxyl groups excluding tert-OH is 1. The maximum absolute atomic E-state index is 10.3. The van der Waals surface area contributed by atoms with E-state index in [1.54, 1.807) is 0 Å². The van der Waals surface area contributed by atoms with Crippen molar-refractivity contribution in [2.75, 3.05) is 52.5 Å². The van der Waals surface area contributed by atoms with Crippen molar-refractivity contribution in [3.63, 3.8) is 0 Å². The zero-order valence-electron chi connectivity index (χ0n) is 45.4. The molecular weight excluding hydrogens is 797 g/mol. The summed E-state index contributed by atoms with van der Waals surface area (Å²) < 4.78 is 13.6. The van der Waals surface area contributed by atoms with Gasteiger partial charge in [-0.1, -0.05) is 278 Å². The molecule has 0 aliphatic heterocycles. The van der Waals surface area contributed by atoms with Crippen molar-refractivity contribution >= 4 is 0 Å². The van der Waals surface area contributed by atoms with E-state index in [1.165, 1.54) is 283 Å². The normalized spacial score (nSPS) is 14.3. The minimum atomic E-state index is 0.232. The summed E-state index contributed by atoms with van der Waals surface area (Å²) in [6.07, 6.45) is 62.4. The third-order valence-electron chi connectivity index (χ3n) is 15.1. The van der Waals surface area contributed by atoms with Crippen LogP contribution < -0.4 is 0 Å². The molecule has 2 atom stereocenters. The Kier molecular flexibility index (Phi) is 49.9. The molecule has 0 saturated heterocycles. The maximum Gasteiger partial charge on any atom is 0.0702 e. The van der Waals surface area contributed by atoms with Crippen molar-refractivity contribution in [3.8, 4) is 0 Å². The predicted molar refractivity (Wildman–Crippen MR) is 289 cm³/mol. The summed E-state index contributed by atoms with van der Waals surface area (Å²) in [7, 11) is 0. The number of aliphatic hydroxyl groups is 1. The Morgan fingerprint density at radius 2 is 0.677 bits per heavy atom. The second kappa shape index (κ2) is 51.6. The molecule has 1 aliphatic rings. The lowest BCUT2D eigenvalue weighted by Crippen LogP contribution is -2.49. The molecule has 1 saturated carbocycles. The average molecular weight is 920 g/mol. The van der Waals surface area contributed by atoms with Crippen LogP contribution in [-0.4, -0.2) is 85.7 Å². The summed E-state index contributed by atoms with van der Waals surface area (Å²) in [4.78, 5) is 5.38. The highest BCUT2D eigenvalue weighted by Crippen LogP contribution is 2.26. The zero-order valence-corrected chi connectivity index (χ0v) is 45.4. The Balaban J connectivity index is 2.66. The van der Waals surface area contributed by atoms with Crippen molar-refractivity contribution in [1.29, 1.82) is 0 Å². The fourth-order valence-electron chi connectivity index (χ4n) is 10.3. The van der Waals surface area contributed by atoms with Gasteiger partial charge in [-0.05, 0) is 38.5 Å². The van der Waals surface area contributed by atoms with Crippen LogP contribution in [0.15, 0.2) is 0 Å². The molecule has 0 aromatic carbocycles. The highest BCUT2D eigenvalue weighted by atomic mass is 16.5. The molecule has 5 heteroatoms. The van der Waals surface area contributed by atoms with Gasteiger partial charge in [-0.25, -0.2) is 0 Å². The molecule has 2 unspecified atom stereocenters. The Hall–Kier alpha value is -0.200. The van der Waals surface area contributed by atoms with Crippen LogP contribution in [0, 0.1) is 0 Å². The topological polar surface area (TPSA) is 45.2 Å². The van der Waals surface area contributed by atoms with Gasteiger partial charge in [-0.3, -0.25) is 9.80 Å². The molecule has 1 aliphatic carbocycles. The largest absolute Gasteiger partial charge is 0.395 e. The molecule has 0 aromatic heterocycles. The predicted octanol–water partition coefficient (Wildman–Crippen LogP) is 18.4. The zero-order chi connectivity index (χ0) is 46.8. The van der Waals surface area contributed by atoms with E-state index >= 15 is 0 Å². The molecule has 0 aromatic rings. The van der Waals surface area contributed by atoms with Crippen LogP contribution in [0.2, 0.25) is 0 Å². The smallest absolute Gasteiger partial charge is 0.0702 e. The number of hydrogen-bond donors (Lipinski definition) is 1. The van der Waals surface area contributed by atoms with E-state index in [1.807, 2.05) is 0 Å². The quantitative estimate of drug-likeness (QED) is 0.0616. The number of ether oxygens (including phenoxy) is 2. The Bertz CT molecular complexity index is 884. The van der Waals surface area contributed by atoms with Crippen LogP contribution in [0.5, 0.6) is 0 Å². The second-order valence-electron chi connectivity index (χ2n) is 21.4. The van der Waals surface area contributed by atoms with Gasteiger partial charge in [0.2, 0.25) is 0 Å². The standard InChI is InChI=1S/C60H122N2O3/c1-5-9-13-17-21-23-25-27-29-31-33-35-37-41-48-59(64-54-43-39-19-15-11-7-3)56-61(52-53-63)50-51-62(58-46-45-47-58)57-60(65-55-44-40-20-16-12-8-4)49-42-38-36-34-32-30-28-26-24-22-18-14-10-6-2/h58-60,63H,5-57H2,1-4H3. The van der Waals surface area contributed by atoms with Crippen molar-refractivity contribution < 1.29 is 14.6 Å². The van der Waals surface area contributed by atoms with Crippen LogP contribution in [-0.2, 0) is 9.47 Å². The summed E-state index contributed by atoms with van der Waals surface area (Å²) in [6, 6.07) is 0.706. The van der Waals surface area contributed by atoms with E-state index in [4.69, 9.17) is 9.47 Å². The summed E-state index contributed by atoms with van der Waals surface area (Å²) in [5.74, 6) is 0. The average Bonchev–Trinajstić information content (AvgIpc) is 3.29. The highest BCUT2D eigenvalue weighted by molar-refractivity contribution is 4.83. The Morgan fingerprint density at radius 3 is 0.985 bits per heavy atom. The van der Waals surface area contributed by atoms with E-state index in [0.29, 0.717) is 12.1 Å². The van der Waals surface area contributed by atoms with Crippen LogP contribution in [0.4, 0.5) is 0 Å². The first-order valence-corrected chi connectivity index (χ1v) is 30.5. The first-order valence-electron chi connectivity index (χ1n) is 30.5. The van der Waals surface area contributed by atoms with E-state index < -0.39 is 0 Å². The summed E-state index contributed by atoms with van der Waals surface area (Å²) >= 11 is 0. The maximum atomic E-state index is 10.3. The number of hydrogen-bond acceptors (Lipinski definition) is 5. The lowest BCUT2D eigenvalue weighted by Gasteiger charge is -2.40. The van der Waals surface area contributed by atoms with Crippen LogP contribution in [0.1, 0.15) is 317 Å². The van der Waals surface area contributed by atoms with Gasteiger partial charge in [-0.2, -0.15) is 0 Å². The Morgan fingerprint density at radius 1 is 0.369 bits per heavy atom. The van der Waals surface area contributed by atoms with E-state index in [9.17, 15) is 5.11 Å². The van der Waals surface area contributed by atoms with Gasteiger partial charge < -0.3 is 14.6 Å². The van der Waals surface area contributed by atoms with Gasteiger partial charge in [0.05, 0.1) is 18.8 Å². The van der Waals surface area contributed by atoms with Gasteiger partial charge in [0.15, 0.2) is 0 Å². The summed E-state index contributed by atoms with van der Waals surface area (Å²) in [5.41, 5.74) is 0. The van der Waals surface area contributed by atoms with E-state index in [0.717, 1.165) is 52.4 Å². The monoisotopic (exact) mass is 919 g/mol. The van der Waals surface area contributed by atoms with Crippen LogP contribution >= 0.6 is 0 Å². The molecule has 0 bridgehead atoms. The van der Waals surface area contributed by atoms with Gasteiger partial charge in [0.1, 0.15) is 0 Å². The number of unbranched alkanes of at least 4 members (excludes halogenated alkanes) is 36. The fraction of sp³-hybridized carbons (Fsp3) is 1.00. The third-order valence-corrected chi connectivity index (χ3v) is 15.1. The SMILES string of the molecule is CCCCCCCCCCCCCCCCC(CN(CCO)CCN(CC(CCCCCCCCCCCCCCCC)OCCCCCCCC)C1CCC1)OCCCCCCCC. The molecule has 1 rings (SSSR count). The van der Waals surface area contributed by atoms with Gasteiger partial charge >= 0.3 is 0 Å². The van der Waals surface area contributed by atoms with Gasteiger partial charge in [-0.15, -0.1) is 0 Å². The van der Waals surface area contributed by atoms with E-state index in [2.05, 4.69) is 37.5 Å². The number of nitrogens with zero attached hydrogens (tertiary/aromatic N) is 2. The van der Waals surface area contributed by atoms with Gasteiger partial charge in [0.25, 0.3) is 0 Å². The molecule has 1 fully saturated rings. The van der Waals surface area contributed by atoms with E-state index in [-0.39, 0.29) is 12.7 Å². The van der Waals surface area contributed by atoms with Crippen molar-refractivity contribution in [1.82, 2.24) is 9.80 Å². The molecule has 0 heterocycles. The second-order valence-corrected chi connectivity index (χ2v) is 21.4. The molecule has 65 heavy (non-hydrogen) atoms. The first-order chi connectivity index (χ1) is 32.2. The molecular formula is C60H122N2O3. The summed E-state index contributed by atoms with van der Waals surface area (Å²) in [6.45, 7) is 16.2. The van der Waals surface area contributed by atoms with Crippen LogP contribution in [0.25, 0.3) is 0 Å². The van der Waals surface area contributed by atoms with Crippen LogP contribution in [0.3, 0.4) is 0 Å². The first kappa shape index (κ1) is 62.8. The third kappa shape index (κ3) is 42.4. The molecule has 390 valence electrons. The molecule has 1 N–H and O–H groups in total. The number of rotatable bonds is 56. The minimum absolute atomic E-state index is 0.232. The summed E-state index contributed by atoms with van der Waals surface area (Å²) in [5, 5.41) is 10.3. The van der Waals surface area contributed by atoms with Crippen molar-refractivity contribution in [2.45, 2.75) is 335 Å². The highest BCUT2D eigenvalue weighted by Gasteiger charge is 2.28. The lowest BCUT2D eigenvalue weighted by atomic mass is 9.91. The molecule has 0 amide bonds. The minimum Gasteiger partial charge on any atom is -0.395 e. The van der Waals surface area contributed by atoms with Crippen molar-refractivity contribution in [3.05, 3.63) is 0 Å².